The van der Waals surface area contributed by atoms with Crippen LogP contribution in [0.5, 0.6) is 0 Å². The Bertz CT molecular complexity index is 892. The normalized spacial score (nSPS) is 19.2. The van der Waals surface area contributed by atoms with Crippen LogP contribution in [-0.2, 0) is 4.74 Å². The molecule has 1 fully saturated rings. The Balaban J connectivity index is 1.45. The van der Waals surface area contributed by atoms with Crippen molar-refractivity contribution < 1.29 is 18.3 Å². The van der Waals surface area contributed by atoms with Gasteiger partial charge < -0.3 is 10.1 Å². The zero-order valence-electron chi connectivity index (χ0n) is 15.4. The first kappa shape index (κ1) is 18.5. The van der Waals surface area contributed by atoms with Crippen molar-refractivity contribution in [2.75, 3.05) is 6.61 Å². The zero-order valence-corrected chi connectivity index (χ0v) is 15.4. The number of carbonyl (C=O) groups excluding carboxylic acids is 1. The van der Waals surface area contributed by atoms with Gasteiger partial charge in [-0.05, 0) is 35.1 Å². The average molecular weight is 381 g/mol. The average Bonchev–Trinajstić information content (AvgIpc) is 3.02. The Hall–Kier alpha value is -2.87. The van der Waals surface area contributed by atoms with Crippen LogP contribution in [0, 0.1) is 12.3 Å². The van der Waals surface area contributed by atoms with Crippen LogP contribution in [0.2, 0.25) is 0 Å². The Morgan fingerprint density at radius 3 is 2.11 bits per heavy atom. The maximum absolute atomic E-state index is 13.4. The lowest BCUT2D eigenvalue weighted by Crippen LogP contribution is -2.51. The molecule has 4 rings (SSSR count). The number of rotatable bonds is 3. The Labute approximate surface area is 163 Å². The molecule has 2 aromatic carbocycles. The van der Waals surface area contributed by atoms with Crippen molar-refractivity contribution in [3.8, 4) is 23.5 Å². The van der Waals surface area contributed by atoms with Crippen LogP contribution in [0.3, 0.4) is 0 Å². The van der Waals surface area contributed by atoms with E-state index in [1.165, 1.54) is 0 Å². The molecule has 2 aromatic rings. The summed E-state index contributed by atoms with van der Waals surface area (Å²) in [6, 6.07) is 16.1. The largest absolute Gasteiger partial charge is 0.449 e. The SMILES string of the molecule is C#CC1(NC(=O)OCC2c3ccccc3-c3ccccc32)CCC(F)(F)CC1. The van der Waals surface area contributed by atoms with Gasteiger partial charge in [0, 0.05) is 18.8 Å². The van der Waals surface area contributed by atoms with Gasteiger partial charge in [-0.1, -0.05) is 54.5 Å². The van der Waals surface area contributed by atoms with Gasteiger partial charge in [-0.25, -0.2) is 13.6 Å². The highest BCUT2D eigenvalue weighted by Gasteiger charge is 2.43. The van der Waals surface area contributed by atoms with Crippen molar-refractivity contribution in [2.45, 2.75) is 43.1 Å². The molecule has 1 N–H and O–H groups in total. The molecule has 28 heavy (non-hydrogen) atoms. The van der Waals surface area contributed by atoms with Gasteiger partial charge in [0.1, 0.15) is 12.1 Å². The molecular formula is C23H21F2NO2. The fraction of sp³-hybridized carbons (Fsp3) is 0.348. The number of halogens is 2. The van der Waals surface area contributed by atoms with Gasteiger partial charge >= 0.3 is 6.09 Å². The summed E-state index contributed by atoms with van der Waals surface area (Å²) in [6.07, 6.45) is 4.31. The number of fused-ring (bicyclic) bond motifs is 3. The van der Waals surface area contributed by atoms with Gasteiger partial charge in [0.25, 0.3) is 0 Å². The molecule has 3 nitrogen and oxygen atoms in total. The fourth-order valence-electron chi connectivity index (χ4n) is 4.18. The number of terminal acetylenes is 1. The number of carbonyl (C=O) groups is 1. The van der Waals surface area contributed by atoms with E-state index in [1.54, 1.807) is 0 Å². The van der Waals surface area contributed by atoms with Crippen LogP contribution >= 0.6 is 0 Å². The summed E-state index contributed by atoms with van der Waals surface area (Å²) in [6.45, 7) is 0.163. The molecule has 0 saturated heterocycles. The lowest BCUT2D eigenvalue weighted by molar-refractivity contribution is -0.0478. The van der Waals surface area contributed by atoms with Crippen molar-refractivity contribution in [2.24, 2.45) is 0 Å². The van der Waals surface area contributed by atoms with Gasteiger partial charge in [0.2, 0.25) is 5.92 Å². The van der Waals surface area contributed by atoms with E-state index in [-0.39, 0.29) is 38.2 Å². The quantitative estimate of drug-likeness (QED) is 0.751. The van der Waals surface area contributed by atoms with E-state index in [0.717, 1.165) is 22.3 Å². The highest BCUT2D eigenvalue weighted by Crippen LogP contribution is 2.44. The summed E-state index contributed by atoms with van der Waals surface area (Å²) in [4.78, 5) is 12.4. The third-order valence-electron chi connectivity index (χ3n) is 5.80. The van der Waals surface area contributed by atoms with Gasteiger partial charge in [0.05, 0.1) is 0 Å². The Kier molecular flexibility index (Phi) is 4.58. The third kappa shape index (κ3) is 3.35. The summed E-state index contributed by atoms with van der Waals surface area (Å²) in [5, 5.41) is 2.66. The molecule has 0 aliphatic heterocycles. The first-order valence-corrected chi connectivity index (χ1v) is 9.42. The molecule has 1 saturated carbocycles. The summed E-state index contributed by atoms with van der Waals surface area (Å²) >= 11 is 0. The zero-order chi connectivity index (χ0) is 19.8. The van der Waals surface area contributed by atoms with E-state index in [0.29, 0.717) is 0 Å². The number of alkyl carbamates (subject to hydrolysis) is 1. The summed E-state index contributed by atoms with van der Waals surface area (Å²) in [5.74, 6) is -0.279. The molecule has 0 radical (unpaired) electrons. The summed E-state index contributed by atoms with van der Waals surface area (Å²) in [5.41, 5.74) is 3.44. The third-order valence-corrected chi connectivity index (χ3v) is 5.80. The molecule has 2 aliphatic rings. The number of nitrogens with one attached hydrogen (secondary N) is 1. The predicted octanol–water partition coefficient (Wildman–Crippen LogP) is 5.11. The minimum absolute atomic E-state index is 0.0424. The topological polar surface area (TPSA) is 38.3 Å². The number of hydrogen-bond donors (Lipinski definition) is 1. The van der Waals surface area contributed by atoms with Gasteiger partial charge in [-0.15, -0.1) is 6.42 Å². The molecule has 0 aromatic heterocycles. The minimum atomic E-state index is -2.72. The highest BCUT2D eigenvalue weighted by atomic mass is 19.3. The fourth-order valence-corrected chi connectivity index (χ4v) is 4.18. The van der Waals surface area contributed by atoms with Crippen molar-refractivity contribution in [3.05, 3.63) is 59.7 Å². The molecule has 0 bridgehead atoms. The van der Waals surface area contributed by atoms with E-state index in [4.69, 9.17) is 11.2 Å². The number of ether oxygens (including phenoxy) is 1. The maximum atomic E-state index is 13.4. The molecule has 0 heterocycles. The van der Waals surface area contributed by atoms with Crippen LogP contribution in [-0.4, -0.2) is 24.2 Å². The summed E-state index contributed by atoms with van der Waals surface area (Å²) in [7, 11) is 0. The molecule has 144 valence electrons. The summed E-state index contributed by atoms with van der Waals surface area (Å²) < 4.78 is 32.4. The number of amides is 1. The number of benzene rings is 2. The first-order chi connectivity index (χ1) is 13.4. The molecule has 0 spiro atoms. The van der Waals surface area contributed by atoms with E-state index in [2.05, 4.69) is 23.4 Å². The van der Waals surface area contributed by atoms with Crippen molar-refractivity contribution in [1.29, 1.82) is 0 Å². The van der Waals surface area contributed by atoms with Crippen LogP contribution < -0.4 is 5.32 Å². The van der Waals surface area contributed by atoms with E-state index < -0.39 is 17.6 Å². The Morgan fingerprint density at radius 1 is 1.04 bits per heavy atom. The standard InChI is InChI=1S/C23H21F2NO2/c1-2-22(11-13-23(24,25)14-12-22)26-21(27)28-15-20-18-9-5-3-7-16(18)17-8-4-6-10-19(17)20/h1,3-10,20H,11-15H2,(H,26,27). The number of hydrogen-bond acceptors (Lipinski definition) is 2. The van der Waals surface area contributed by atoms with Gasteiger partial charge in [-0.2, -0.15) is 0 Å². The smallest absolute Gasteiger partial charge is 0.408 e. The second kappa shape index (κ2) is 6.94. The highest BCUT2D eigenvalue weighted by molar-refractivity contribution is 5.79. The van der Waals surface area contributed by atoms with Crippen molar-refractivity contribution >= 4 is 6.09 Å². The van der Waals surface area contributed by atoms with E-state index in [9.17, 15) is 13.6 Å². The van der Waals surface area contributed by atoms with Gasteiger partial charge in [0.15, 0.2) is 0 Å². The monoisotopic (exact) mass is 381 g/mol. The lowest BCUT2D eigenvalue weighted by atomic mass is 9.80. The second-order valence-electron chi connectivity index (χ2n) is 7.53. The Morgan fingerprint density at radius 2 is 1.57 bits per heavy atom. The van der Waals surface area contributed by atoms with Crippen LogP contribution in [0.4, 0.5) is 13.6 Å². The lowest BCUT2D eigenvalue weighted by Gasteiger charge is -2.36. The predicted molar refractivity (Wildman–Crippen MR) is 103 cm³/mol. The van der Waals surface area contributed by atoms with Crippen LogP contribution in [0.25, 0.3) is 11.1 Å². The van der Waals surface area contributed by atoms with Gasteiger partial charge in [-0.3, -0.25) is 0 Å². The molecule has 0 unspecified atom stereocenters. The maximum Gasteiger partial charge on any atom is 0.408 e. The van der Waals surface area contributed by atoms with Crippen LogP contribution in [0.15, 0.2) is 48.5 Å². The van der Waals surface area contributed by atoms with Crippen molar-refractivity contribution in [3.63, 3.8) is 0 Å². The second-order valence-corrected chi connectivity index (χ2v) is 7.53. The molecular weight excluding hydrogens is 360 g/mol. The van der Waals surface area contributed by atoms with E-state index >= 15 is 0 Å². The van der Waals surface area contributed by atoms with E-state index in [1.807, 2.05) is 36.4 Å². The first-order valence-electron chi connectivity index (χ1n) is 9.42. The molecule has 1 amide bonds. The van der Waals surface area contributed by atoms with Crippen molar-refractivity contribution in [1.82, 2.24) is 5.32 Å². The minimum Gasteiger partial charge on any atom is -0.449 e. The molecule has 0 atom stereocenters. The molecule has 2 aliphatic carbocycles. The molecule has 5 heteroatoms. The number of alkyl halides is 2. The van der Waals surface area contributed by atoms with Crippen LogP contribution in [0.1, 0.15) is 42.7 Å².